The fourth-order valence-corrected chi connectivity index (χ4v) is 3.47. The minimum atomic E-state index is -0.0909. The van der Waals surface area contributed by atoms with Crippen molar-refractivity contribution in [2.24, 2.45) is 0 Å². The molecule has 0 unspecified atom stereocenters. The molecule has 0 saturated carbocycles. The molecule has 5 heteroatoms. The Labute approximate surface area is 132 Å². The molecule has 0 spiro atoms. The SMILES string of the molecule is O=C1Cc2c(cccc2-c2cc(Cl)cc3c2CCNC3=O)N1. The summed E-state index contributed by atoms with van der Waals surface area (Å²) in [5, 5.41) is 6.23. The lowest BCUT2D eigenvalue weighted by Crippen LogP contribution is -2.32. The van der Waals surface area contributed by atoms with Crippen molar-refractivity contribution in [2.45, 2.75) is 12.8 Å². The molecule has 4 nitrogen and oxygen atoms in total. The van der Waals surface area contributed by atoms with Gasteiger partial charge in [0.25, 0.3) is 5.91 Å². The van der Waals surface area contributed by atoms with E-state index in [1.807, 2.05) is 24.3 Å². The first kappa shape index (κ1) is 13.3. The Balaban J connectivity index is 1.97. The van der Waals surface area contributed by atoms with Crippen molar-refractivity contribution in [3.05, 3.63) is 52.0 Å². The number of nitrogens with one attached hydrogen (secondary N) is 2. The highest BCUT2D eigenvalue weighted by atomic mass is 35.5. The molecule has 2 aromatic carbocycles. The van der Waals surface area contributed by atoms with E-state index in [2.05, 4.69) is 10.6 Å². The van der Waals surface area contributed by atoms with E-state index < -0.39 is 0 Å². The van der Waals surface area contributed by atoms with Gasteiger partial charge in [-0.3, -0.25) is 9.59 Å². The van der Waals surface area contributed by atoms with Gasteiger partial charge < -0.3 is 10.6 Å². The van der Waals surface area contributed by atoms with Crippen LogP contribution in [-0.2, 0) is 17.6 Å². The largest absolute Gasteiger partial charge is 0.352 e. The lowest BCUT2D eigenvalue weighted by atomic mass is 9.88. The fourth-order valence-electron chi connectivity index (χ4n) is 3.25. The summed E-state index contributed by atoms with van der Waals surface area (Å²) in [6.45, 7) is 0.618. The number of halogens is 1. The maximum atomic E-state index is 12.1. The lowest BCUT2D eigenvalue weighted by Gasteiger charge is -2.21. The molecule has 110 valence electrons. The molecule has 2 aliphatic rings. The van der Waals surface area contributed by atoms with Gasteiger partial charge in [0.2, 0.25) is 5.91 Å². The van der Waals surface area contributed by atoms with Crippen molar-refractivity contribution in [3.63, 3.8) is 0 Å². The summed E-state index contributed by atoms with van der Waals surface area (Å²) in [7, 11) is 0. The van der Waals surface area contributed by atoms with Crippen LogP contribution in [-0.4, -0.2) is 18.4 Å². The minimum Gasteiger partial charge on any atom is -0.352 e. The summed E-state index contributed by atoms with van der Waals surface area (Å²) in [5.41, 5.74) is 5.37. The van der Waals surface area contributed by atoms with Crippen molar-refractivity contribution in [3.8, 4) is 11.1 Å². The van der Waals surface area contributed by atoms with E-state index >= 15 is 0 Å². The maximum absolute atomic E-state index is 12.1. The highest BCUT2D eigenvalue weighted by molar-refractivity contribution is 6.31. The van der Waals surface area contributed by atoms with E-state index in [0.717, 1.165) is 34.4 Å². The maximum Gasteiger partial charge on any atom is 0.251 e. The lowest BCUT2D eigenvalue weighted by molar-refractivity contribution is -0.115. The smallest absolute Gasteiger partial charge is 0.251 e. The number of carbonyl (C=O) groups excluding carboxylic acids is 2. The van der Waals surface area contributed by atoms with Gasteiger partial charge >= 0.3 is 0 Å². The van der Waals surface area contributed by atoms with Gasteiger partial charge in [-0.25, -0.2) is 0 Å². The van der Waals surface area contributed by atoms with E-state index in [1.165, 1.54) is 0 Å². The molecule has 2 aliphatic heterocycles. The molecule has 2 N–H and O–H groups in total. The van der Waals surface area contributed by atoms with Crippen molar-refractivity contribution < 1.29 is 9.59 Å². The minimum absolute atomic E-state index is 0.00362. The van der Waals surface area contributed by atoms with Crippen molar-refractivity contribution >= 4 is 29.1 Å². The number of amides is 2. The number of fused-ring (bicyclic) bond motifs is 2. The van der Waals surface area contributed by atoms with Gasteiger partial charge in [0.15, 0.2) is 0 Å². The Morgan fingerprint density at radius 1 is 1.00 bits per heavy atom. The molecular formula is C17H13ClN2O2. The van der Waals surface area contributed by atoms with Crippen LogP contribution >= 0.6 is 11.6 Å². The van der Waals surface area contributed by atoms with Crippen LogP contribution in [0.2, 0.25) is 5.02 Å². The van der Waals surface area contributed by atoms with Crippen LogP contribution in [0.5, 0.6) is 0 Å². The first-order valence-electron chi connectivity index (χ1n) is 7.16. The molecule has 0 aromatic heterocycles. The topological polar surface area (TPSA) is 58.2 Å². The zero-order valence-corrected chi connectivity index (χ0v) is 12.5. The summed E-state index contributed by atoms with van der Waals surface area (Å²) in [6.07, 6.45) is 1.12. The number of hydrogen-bond donors (Lipinski definition) is 2. The number of anilines is 1. The van der Waals surface area contributed by atoms with Crippen LogP contribution in [0.4, 0.5) is 5.69 Å². The average Bonchev–Trinajstić information content (AvgIpc) is 2.87. The second-order valence-corrected chi connectivity index (χ2v) is 5.98. The van der Waals surface area contributed by atoms with Crippen LogP contribution in [0.25, 0.3) is 11.1 Å². The molecule has 0 atom stereocenters. The Hall–Kier alpha value is -2.33. The van der Waals surface area contributed by atoms with Gasteiger partial charge in [0.1, 0.15) is 0 Å². The van der Waals surface area contributed by atoms with Gasteiger partial charge in [-0.05, 0) is 46.9 Å². The van der Waals surface area contributed by atoms with E-state index in [4.69, 9.17) is 11.6 Å². The second kappa shape index (κ2) is 4.85. The molecule has 22 heavy (non-hydrogen) atoms. The summed E-state index contributed by atoms with van der Waals surface area (Å²) >= 11 is 6.21. The molecule has 0 bridgehead atoms. The van der Waals surface area contributed by atoms with Gasteiger partial charge in [-0.15, -0.1) is 0 Å². The molecule has 2 aromatic rings. The summed E-state index contributed by atoms with van der Waals surface area (Å²) in [6, 6.07) is 9.39. The average molecular weight is 313 g/mol. The molecule has 0 saturated heterocycles. The Kier molecular flexibility index (Phi) is 2.94. The number of hydrogen-bond acceptors (Lipinski definition) is 2. The molecular weight excluding hydrogens is 300 g/mol. The summed E-state index contributed by atoms with van der Waals surface area (Å²) in [4.78, 5) is 23.8. The third-order valence-corrected chi connectivity index (χ3v) is 4.42. The fraction of sp³-hybridized carbons (Fsp3) is 0.176. The Morgan fingerprint density at radius 2 is 1.82 bits per heavy atom. The summed E-state index contributed by atoms with van der Waals surface area (Å²) in [5.74, 6) is -0.0946. The zero-order chi connectivity index (χ0) is 15.3. The first-order chi connectivity index (χ1) is 10.6. The predicted octanol–water partition coefficient (Wildman–Crippen LogP) is 2.79. The highest BCUT2D eigenvalue weighted by Crippen LogP contribution is 2.38. The second-order valence-electron chi connectivity index (χ2n) is 5.54. The van der Waals surface area contributed by atoms with Crippen LogP contribution in [0.3, 0.4) is 0 Å². The van der Waals surface area contributed by atoms with Gasteiger partial charge in [0, 0.05) is 22.8 Å². The Morgan fingerprint density at radius 3 is 2.68 bits per heavy atom. The third kappa shape index (κ3) is 1.99. The molecule has 0 radical (unpaired) electrons. The Bertz CT molecular complexity index is 830. The van der Waals surface area contributed by atoms with E-state index in [0.29, 0.717) is 23.6 Å². The van der Waals surface area contributed by atoms with Gasteiger partial charge in [-0.2, -0.15) is 0 Å². The van der Waals surface area contributed by atoms with Crippen LogP contribution < -0.4 is 10.6 Å². The highest BCUT2D eigenvalue weighted by Gasteiger charge is 2.25. The molecule has 2 heterocycles. The van der Waals surface area contributed by atoms with E-state index in [9.17, 15) is 9.59 Å². The van der Waals surface area contributed by atoms with Gasteiger partial charge in [0.05, 0.1) is 6.42 Å². The van der Waals surface area contributed by atoms with E-state index in [1.54, 1.807) is 6.07 Å². The molecule has 4 rings (SSSR count). The molecule has 0 fully saturated rings. The van der Waals surface area contributed by atoms with Crippen molar-refractivity contribution in [2.75, 3.05) is 11.9 Å². The summed E-state index contributed by atoms with van der Waals surface area (Å²) < 4.78 is 0. The monoisotopic (exact) mass is 312 g/mol. The number of carbonyl (C=O) groups is 2. The van der Waals surface area contributed by atoms with Crippen molar-refractivity contribution in [1.82, 2.24) is 5.32 Å². The quantitative estimate of drug-likeness (QED) is 0.850. The molecule has 2 amide bonds. The first-order valence-corrected chi connectivity index (χ1v) is 7.54. The van der Waals surface area contributed by atoms with Crippen LogP contribution in [0, 0.1) is 0 Å². The van der Waals surface area contributed by atoms with Crippen molar-refractivity contribution in [1.29, 1.82) is 0 Å². The number of rotatable bonds is 1. The third-order valence-electron chi connectivity index (χ3n) is 4.20. The molecule has 0 aliphatic carbocycles. The van der Waals surface area contributed by atoms with E-state index in [-0.39, 0.29) is 11.8 Å². The predicted molar refractivity (Wildman–Crippen MR) is 85.3 cm³/mol. The standard InChI is InChI=1S/C17H13ClN2O2/c18-9-6-12(11-4-5-19-17(22)14(11)7-9)10-2-1-3-15-13(10)8-16(21)20-15/h1-3,6-7H,4-5,8H2,(H,19,22)(H,20,21). The zero-order valence-electron chi connectivity index (χ0n) is 11.7. The van der Waals surface area contributed by atoms with Gasteiger partial charge in [-0.1, -0.05) is 23.7 Å². The normalized spacial score (nSPS) is 15.9. The van der Waals surface area contributed by atoms with Crippen LogP contribution in [0.15, 0.2) is 30.3 Å². The number of benzene rings is 2. The van der Waals surface area contributed by atoms with Crippen LogP contribution in [0.1, 0.15) is 21.5 Å².